The summed E-state index contributed by atoms with van der Waals surface area (Å²) in [6.07, 6.45) is 3.08. The third-order valence-corrected chi connectivity index (χ3v) is 4.31. The van der Waals surface area contributed by atoms with Gasteiger partial charge in [-0.3, -0.25) is 4.79 Å². The minimum Gasteiger partial charge on any atom is -0.325 e. The number of carbonyl (C=O) groups is 1. The molecule has 1 heterocycles. The van der Waals surface area contributed by atoms with E-state index in [0.717, 1.165) is 24.1 Å². The molecule has 2 N–H and O–H groups in total. The lowest BCUT2D eigenvalue weighted by Gasteiger charge is -2.43. The van der Waals surface area contributed by atoms with Gasteiger partial charge >= 0.3 is 0 Å². The van der Waals surface area contributed by atoms with Crippen LogP contribution in [0.1, 0.15) is 18.4 Å². The van der Waals surface area contributed by atoms with Gasteiger partial charge in [-0.05, 0) is 24.5 Å². The number of amides is 1. The quantitative estimate of drug-likeness (QED) is 0.820. The van der Waals surface area contributed by atoms with Crippen molar-refractivity contribution >= 4 is 22.6 Å². The molecule has 1 atom stereocenters. The van der Waals surface area contributed by atoms with Crippen molar-refractivity contribution < 1.29 is 9.00 Å². The molecule has 0 radical (unpaired) electrons. The molecular formula is C12H14N2O2S. The van der Waals surface area contributed by atoms with Crippen LogP contribution in [0, 0.1) is 0 Å². The van der Waals surface area contributed by atoms with Crippen LogP contribution in [0.2, 0.25) is 0 Å². The molecule has 1 spiro atoms. The molecule has 1 aromatic carbocycles. The van der Waals surface area contributed by atoms with E-state index in [1.165, 1.54) is 0 Å². The van der Waals surface area contributed by atoms with Gasteiger partial charge in [0.05, 0.1) is 16.4 Å². The number of hydrogen-bond acceptors (Lipinski definition) is 2. The molecule has 0 bridgehead atoms. The molecule has 0 aromatic heterocycles. The monoisotopic (exact) mass is 250 g/mol. The molecule has 1 aromatic rings. The maximum absolute atomic E-state index is 12.1. The molecule has 1 unspecified atom stereocenters. The first-order valence-corrected chi connectivity index (χ1v) is 7.18. The normalized spacial score (nSPS) is 31.8. The Hall–Kier alpha value is -1.20. The van der Waals surface area contributed by atoms with Gasteiger partial charge < -0.3 is 5.32 Å². The number of para-hydroxylation sites is 1. The zero-order valence-electron chi connectivity index (χ0n) is 9.53. The van der Waals surface area contributed by atoms with E-state index in [0.29, 0.717) is 0 Å². The Labute approximate surface area is 102 Å². The number of nitrogens with one attached hydrogen (secondary N) is 2. The van der Waals surface area contributed by atoms with Gasteiger partial charge in [-0.1, -0.05) is 18.2 Å². The number of rotatable bonds is 2. The maximum atomic E-state index is 12.1. The van der Waals surface area contributed by atoms with E-state index in [1.54, 1.807) is 6.26 Å². The van der Waals surface area contributed by atoms with Gasteiger partial charge in [0.25, 0.3) is 0 Å². The number of carbonyl (C=O) groups excluding carboxylic acids is 1. The van der Waals surface area contributed by atoms with E-state index >= 15 is 0 Å². The Morgan fingerprint density at radius 1 is 1.41 bits per heavy atom. The topological polar surface area (TPSA) is 58.2 Å². The van der Waals surface area contributed by atoms with Crippen LogP contribution in [0.4, 0.5) is 5.69 Å². The summed E-state index contributed by atoms with van der Waals surface area (Å²) in [5.41, 5.74) is 1.63. The lowest BCUT2D eigenvalue weighted by molar-refractivity contribution is -0.124. The van der Waals surface area contributed by atoms with Crippen LogP contribution < -0.4 is 10.0 Å². The molecular weight excluding hydrogens is 236 g/mol. The first kappa shape index (κ1) is 10.9. The van der Waals surface area contributed by atoms with Gasteiger partial charge in [-0.2, -0.15) is 0 Å². The van der Waals surface area contributed by atoms with Crippen molar-refractivity contribution in [1.29, 1.82) is 0 Å². The SMILES string of the molecule is CS(=O)NC1CC2(C1)C(=O)Nc1ccccc12. The Morgan fingerprint density at radius 3 is 2.82 bits per heavy atom. The van der Waals surface area contributed by atoms with Crippen LogP contribution in [0.25, 0.3) is 0 Å². The average Bonchev–Trinajstić information content (AvgIpc) is 2.51. The molecule has 0 saturated heterocycles. The van der Waals surface area contributed by atoms with Crippen molar-refractivity contribution in [1.82, 2.24) is 4.72 Å². The standard InChI is InChI=1S/C12H14N2O2S/c1-17(16)14-8-6-12(7-8)9-4-2-3-5-10(9)13-11(12)15/h2-5,8,14H,6-7H2,1H3,(H,13,15). The number of benzene rings is 1. The minimum absolute atomic E-state index is 0.0821. The third-order valence-electron chi connectivity index (χ3n) is 3.65. The van der Waals surface area contributed by atoms with Gasteiger partial charge in [-0.15, -0.1) is 0 Å². The summed E-state index contributed by atoms with van der Waals surface area (Å²) in [5, 5.41) is 2.92. The van der Waals surface area contributed by atoms with E-state index in [9.17, 15) is 9.00 Å². The molecule has 1 fully saturated rings. The number of fused-ring (bicyclic) bond motifs is 2. The molecule has 17 heavy (non-hydrogen) atoms. The summed E-state index contributed by atoms with van der Waals surface area (Å²) in [6.45, 7) is 0. The molecule has 90 valence electrons. The zero-order valence-corrected chi connectivity index (χ0v) is 10.3. The molecule has 5 heteroatoms. The van der Waals surface area contributed by atoms with Crippen LogP contribution in [0.15, 0.2) is 24.3 Å². The first-order chi connectivity index (χ1) is 8.12. The van der Waals surface area contributed by atoms with Crippen molar-refractivity contribution in [2.45, 2.75) is 24.3 Å². The van der Waals surface area contributed by atoms with Crippen molar-refractivity contribution in [2.24, 2.45) is 0 Å². The highest BCUT2D eigenvalue weighted by Gasteiger charge is 2.55. The predicted octanol–water partition coefficient (Wildman–Crippen LogP) is 0.922. The smallest absolute Gasteiger partial charge is 0.235 e. The number of hydrogen-bond donors (Lipinski definition) is 2. The molecule has 1 amide bonds. The Morgan fingerprint density at radius 2 is 2.12 bits per heavy atom. The highest BCUT2D eigenvalue weighted by Crippen LogP contribution is 2.50. The van der Waals surface area contributed by atoms with Crippen molar-refractivity contribution in [3.05, 3.63) is 29.8 Å². The second kappa shape index (κ2) is 3.65. The third kappa shape index (κ3) is 1.53. The van der Waals surface area contributed by atoms with Crippen LogP contribution >= 0.6 is 0 Å². The van der Waals surface area contributed by atoms with Gasteiger partial charge in [0.15, 0.2) is 0 Å². The molecule has 1 aliphatic heterocycles. The molecule has 3 rings (SSSR count). The average molecular weight is 250 g/mol. The van der Waals surface area contributed by atoms with E-state index in [1.807, 2.05) is 24.3 Å². The van der Waals surface area contributed by atoms with Crippen LogP contribution in [-0.4, -0.2) is 22.4 Å². The highest BCUT2D eigenvalue weighted by molar-refractivity contribution is 7.82. The zero-order chi connectivity index (χ0) is 12.0. The van der Waals surface area contributed by atoms with E-state index in [2.05, 4.69) is 10.0 Å². The van der Waals surface area contributed by atoms with Crippen LogP contribution in [0.3, 0.4) is 0 Å². The van der Waals surface area contributed by atoms with Crippen molar-refractivity contribution in [3.8, 4) is 0 Å². The van der Waals surface area contributed by atoms with Gasteiger partial charge in [-0.25, -0.2) is 8.93 Å². The Kier molecular flexibility index (Phi) is 2.34. The molecule has 1 aliphatic carbocycles. The summed E-state index contributed by atoms with van der Waals surface area (Å²) >= 11 is 0. The Bertz CT molecular complexity index is 509. The summed E-state index contributed by atoms with van der Waals surface area (Å²) in [5.74, 6) is 0.0821. The molecule has 2 aliphatic rings. The summed E-state index contributed by atoms with van der Waals surface area (Å²) < 4.78 is 14.1. The highest BCUT2D eigenvalue weighted by atomic mass is 32.2. The van der Waals surface area contributed by atoms with Gasteiger partial charge in [0, 0.05) is 18.0 Å². The maximum Gasteiger partial charge on any atom is 0.235 e. The van der Waals surface area contributed by atoms with Crippen LogP contribution in [-0.2, 0) is 21.2 Å². The van der Waals surface area contributed by atoms with Gasteiger partial charge in [0.2, 0.25) is 5.91 Å². The van der Waals surface area contributed by atoms with Gasteiger partial charge in [0.1, 0.15) is 0 Å². The number of anilines is 1. The van der Waals surface area contributed by atoms with Crippen molar-refractivity contribution in [3.63, 3.8) is 0 Å². The minimum atomic E-state index is -1.01. The summed E-state index contributed by atoms with van der Waals surface area (Å²) in [6, 6.07) is 8.00. The van der Waals surface area contributed by atoms with E-state index in [-0.39, 0.29) is 17.4 Å². The first-order valence-electron chi connectivity index (χ1n) is 5.62. The fraction of sp³-hybridized carbons (Fsp3) is 0.417. The lowest BCUT2D eigenvalue weighted by Crippen LogP contribution is -2.55. The second-order valence-corrected chi connectivity index (χ2v) is 5.90. The fourth-order valence-electron chi connectivity index (χ4n) is 2.88. The van der Waals surface area contributed by atoms with Crippen LogP contribution in [0.5, 0.6) is 0 Å². The fourth-order valence-corrected chi connectivity index (χ4v) is 3.51. The van der Waals surface area contributed by atoms with Crippen molar-refractivity contribution in [2.75, 3.05) is 11.6 Å². The molecule has 4 nitrogen and oxygen atoms in total. The predicted molar refractivity (Wildman–Crippen MR) is 67.0 cm³/mol. The van der Waals surface area contributed by atoms with E-state index in [4.69, 9.17) is 0 Å². The largest absolute Gasteiger partial charge is 0.325 e. The summed E-state index contributed by atoms with van der Waals surface area (Å²) in [4.78, 5) is 12.1. The Balaban J connectivity index is 1.86. The summed E-state index contributed by atoms with van der Waals surface area (Å²) in [7, 11) is -1.01. The second-order valence-electron chi connectivity index (χ2n) is 4.76. The lowest BCUT2D eigenvalue weighted by atomic mass is 9.62. The van der Waals surface area contributed by atoms with E-state index < -0.39 is 11.0 Å². The molecule has 1 saturated carbocycles.